The van der Waals surface area contributed by atoms with Crippen LogP contribution in [0.2, 0.25) is 18.1 Å². The average molecular weight is 301 g/mol. The molecule has 1 rings (SSSR count). The van der Waals surface area contributed by atoms with E-state index in [-0.39, 0.29) is 11.1 Å². The summed E-state index contributed by atoms with van der Waals surface area (Å²) in [5.74, 6) is 0. The van der Waals surface area contributed by atoms with Gasteiger partial charge < -0.3 is 14.6 Å². The zero-order valence-electron chi connectivity index (χ0n) is 14.2. The van der Waals surface area contributed by atoms with E-state index in [2.05, 4.69) is 33.9 Å². The smallest absolute Gasteiger partial charge is 0.192 e. The molecule has 1 aliphatic rings. The van der Waals surface area contributed by atoms with Crippen molar-refractivity contribution in [2.75, 3.05) is 0 Å². The Morgan fingerprint density at radius 3 is 2.25 bits per heavy atom. The summed E-state index contributed by atoms with van der Waals surface area (Å²) in [5, 5.41) is 20.4. The second kappa shape index (κ2) is 6.30. The van der Waals surface area contributed by atoms with Gasteiger partial charge in [-0.1, -0.05) is 27.7 Å². The van der Waals surface area contributed by atoms with Gasteiger partial charge in [0.1, 0.15) is 0 Å². The molecule has 0 aromatic heterocycles. The highest BCUT2D eigenvalue weighted by molar-refractivity contribution is 6.74. The van der Waals surface area contributed by atoms with Crippen molar-refractivity contribution < 1.29 is 14.6 Å². The molecular weight excluding hydrogens is 268 g/mol. The molecule has 0 bridgehead atoms. The Bertz CT molecular complexity index is 366. The van der Waals surface area contributed by atoms with Gasteiger partial charge in [-0.15, -0.1) is 0 Å². The molecule has 20 heavy (non-hydrogen) atoms. The first-order valence-corrected chi connectivity index (χ1v) is 10.7. The fourth-order valence-corrected chi connectivity index (χ4v) is 3.86. The van der Waals surface area contributed by atoms with Crippen LogP contribution in [0.15, 0.2) is 11.1 Å². The maximum atomic E-state index is 10.3. The number of aliphatic hydroxyl groups excluding tert-OH is 2. The van der Waals surface area contributed by atoms with Crippen LogP contribution in [0.5, 0.6) is 0 Å². The molecule has 4 heteroatoms. The number of hydrogen-bond acceptors (Lipinski definition) is 3. The molecule has 0 fully saturated rings. The van der Waals surface area contributed by atoms with E-state index in [9.17, 15) is 10.2 Å². The maximum Gasteiger partial charge on any atom is 0.192 e. The first-order chi connectivity index (χ1) is 9.01. The molecule has 0 saturated heterocycles. The van der Waals surface area contributed by atoms with Crippen LogP contribution >= 0.6 is 0 Å². The molecule has 3 nitrogen and oxygen atoms in total. The Morgan fingerprint density at radius 1 is 1.30 bits per heavy atom. The van der Waals surface area contributed by atoms with Gasteiger partial charge in [0.25, 0.3) is 0 Å². The summed E-state index contributed by atoms with van der Waals surface area (Å²) in [6.07, 6.45) is 1.40. The summed E-state index contributed by atoms with van der Waals surface area (Å²) in [4.78, 5) is 0. The molecule has 0 saturated carbocycles. The van der Waals surface area contributed by atoms with Crippen LogP contribution in [0.4, 0.5) is 0 Å². The van der Waals surface area contributed by atoms with Gasteiger partial charge in [0.05, 0.1) is 18.3 Å². The van der Waals surface area contributed by atoms with Crippen LogP contribution in [0.25, 0.3) is 0 Å². The predicted molar refractivity (Wildman–Crippen MR) is 86.3 cm³/mol. The van der Waals surface area contributed by atoms with Crippen LogP contribution in [0.1, 0.15) is 53.9 Å². The van der Waals surface area contributed by atoms with E-state index in [1.165, 1.54) is 0 Å². The molecule has 0 aliphatic heterocycles. The van der Waals surface area contributed by atoms with E-state index in [0.717, 1.165) is 24.0 Å². The highest BCUT2D eigenvalue weighted by atomic mass is 28.4. The van der Waals surface area contributed by atoms with Gasteiger partial charge in [-0.3, -0.25) is 0 Å². The standard InChI is InChI=1S/C16H32O3Si/c1-8-13(18)15-12(11(2)17)9-10-14(15)19-20(6,7)16(3,4)5/h11,13-14,17-18H,8-10H2,1-7H3. The maximum absolute atomic E-state index is 10.3. The fourth-order valence-electron chi connectivity index (χ4n) is 2.55. The molecule has 2 N–H and O–H groups in total. The third kappa shape index (κ3) is 3.73. The molecule has 0 amide bonds. The Hall–Kier alpha value is -0.163. The van der Waals surface area contributed by atoms with Crippen molar-refractivity contribution in [1.29, 1.82) is 0 Å². The van der Waals surface area contributed by atoms with Gasteiger partial charge in [-0.2, -0.15) is 0 Å². The Labute approximate surface area is 125 Å². The molecular formula is C16H32O3Si. The molecule has 3 unspecified atom stereocenters. The largest absolute Gasteiger partial charge is 0.410 e. The summed E-state index contributed by atoms with van der Waals surface area (Å²) >= 11 is 0. The van der Waals surface area contributed by atoms with Gasteiger partial charge >= 0.3 is 0 Å². The van der Waals surface area contributed by atoms with Gasteiger partial charge in [0.15, 0.2) is 8.32 Å². The monoisotopic (exact) mass is 300 g/mol. The van der Waals surface area contributed by atoms with Crippen molar-refractivity contribution in [2.45, 2.75) is 90.3 Å². The van der Waals surface area contributed by atoms with Crippen molar-refractivity contribution in [1.82, 2.24) is 0 Å². The second-order valence-electron chi connectivity index (χ2n) is 7.49. The van der Waals surface area contributed by atoms with Gasteiger partial charge in [0, 0.05) is 0 Å². The Kier molecular flexibility index (Phi) is 5.64. The van der Waals surface area contributed by atoms with Crippen LogP contribution in [0.3, 0.4) is 0 Å². The van der Waals surface area contributed by atoms with Crippen molar-refractivity contribution >= 4 is 8.32 Å². The Morgan fingerprint density at radius 2 is 1.85 bits per heavy atom. The molecule has 0 heterocycles. The summed E-state index contributed by atoms with van der Waals surface area (Å²) in [6, 6.07) is 0. The predicted octanol–water partition coefficient (Wildman–Crippen LogP) is 3.62. The molecule has 3 atom stereocenters. The Balaban J connectivity index is 3.02. The first kappa shape index (κ1) is 17.9. The zero-order valence-corrected chi connectivity index (χ0v) is 15.2. The molecule has 1 aliphatic carbocycles. The SMILES string of the molecule is CCC(O)C1=C(C(C)O)CCC1O[Si](C)(C)C(C)(C)C. The topological polar surface area (TPSA) is 49.7 Å². The highest BCUT2D eigenvalue weighted by Crippen LogP contribution is 2.42. The summed E-state index contributed by atoms with van der Waals surface area (Å²) in [5.41, 5.74) is 1.94. The minimum absolute atomic E-state index is 0.0181. The van der Waals surface area contributed by atoms with Crippen molar-refractivity contribution in [3.05, 3.63) is 11.1 Å². The lowest BCUT2D eigenvalue weighted by Crippen LogP contribution is -2.44. The minimum atomic E-state index is -1.86. The van der Waals surface area contributed by atoms with Crippen LogP contribution in [0, 0.1) is 0 Å². The lowest BCUT2D eigenvalue weighted by atomic mass is 9.99. The molecule has 0 radical (unpaired) electrons. The minimum Gasteiger partial charge on any atom is -0.410 e. The zero-order chi connectivity index (χ0) is 15.7. The number of aliphatic hydroxyl groups is 2. The lowest BCUT2D eigenvalue weighted by Gasteiger charge is -2.39. The van der Waals surface area contributed by atoms with Gasteiger partial charge in [0.2, 0.25) is 0 Å². The molecule has 0 aromatic rings. The highest BCUT2D eigenvalue weighted by Gasteiger charge is 2.42. The summed E-state index contributed by atoms with van der Waals surface area (Å²) < 4.78 is 6.49. The van der Waals surface area contributed by atoms with Crippen LogP contribution in [-0.4, -0.2) is 36.8 Å². The van der Waals surface area contributed by atoms with Crippen molar-refractivity contribution in [3.8, 4) is 0 Å². The lowest BCUT2D eigenvalue weighted by molar-refractivity contribution is 0.146. The quantitative estimate of drug-likeness (QED) is 0.602. The van der Waals surface area contributed by atoms with E-state index in [1.54, 1.807) is 6.92 Å². The van der Waals surface area contributed by atoms with E-state index in [4.69, 9.17) is 4.43 Å². The molecule has 0 aromatic carbocycles. The summed E-state index contributed by atoms with van der Waals surface area (Å²) in [6.45, 7) is 14.9. The van der Waals surface area contributed by atoms with Crippen LogP contribution in [-0.2, 0) is 4.43 Å². The van der Waals surface area contributed by atoms with Gasteiger partial charge in [-0.25, -0.2) is 0 Å². The van der Waals surface area contributed by atoms with E-state index < -0.39 is 20.5 Å². The normalized spacial score (nSPS) is 24.1. The van der Waals surface area contributed by atoms with Crippen LogP contribution < -0.4 is 0 Å². The van der Waals surface area contributed by atoms with Crippen molar-refractivity contribution in [2.24, 2.45) is 0 Å². The molecule has 118 valence electrons. The van der Waals surface area contributed by atoms with E-state index >= 15 is 0 Å². The second-order valence-corrected chi connectivity index (χ2v) is 12.2. The third-order valence-electron chi connectivity index (χ3n) is 4.89. The fraction of sp³-hybridized carbons (Fsp3) is 0.875. The first-order valence-electron chi connectivity index (χ1n) is 7.78. The average Bonchev–Trinajstić information content (AvgIpc) is 2.69. The van der Waals surface area contributed by atoms with E-state index in [1.807, 2.05) is 6.92 Å². The number of hydrogen-bond donors (Lipinski definition) is 2. The third-order valence-corrected chi connectivity index (χ3v) is 9.37. The van der Waals surface area contributed by atoms with Crippen molar-refractivity contribution in [3.63, 3.8) is 0 Å². The van der Waals surface area contributed by atoms with E-state index in [0.29, 0.717) is 6.42 Å². The summed E-state index contributed by atoms with van der Waals surface area (Å²) in [7, 11) is -1.86. The number of rotatable bonds is 5. The van der Waals surface area contributed by atoms with Gasteiger partial charge in [-0.05, 0) is 55.5 Å². The molecule has 0 spiro atoms.